The standard InChI is InChI=1S/C14H18FNO6S2/c1-9-11(14(17)18)4-3-7-16(9)24(21,22)10-5-6-13(12(15)8-10)23(2,19)20/h5-6,8-9,11H,3-4,7H2,1-2H3,(H,17,18)/t9-,11-/m1/s1. The van der Waals surface area contributed by atoms with Crippen LogP contribution in [0, 0.1) is 11.7 Å². The Morgan fingerprint density at radius 3 is 2.42 bits per heavy atom. The molecule has 1 aliphatic rings. The second kappa shape index (κ2) is 6.41. The van der Waals surface area contributed by atoms with E-state index in [1.165, 1.54) is 6.92 Å². The Kier molecular flexibility index (Phi) is 5.03. The van der Waals surface area contributed by atoms with Crippen molar-refractivity contribution in [3.63, 3.8) is 0 Å². The molecule has 0 radical (unpaired) electrons. The van der Waals surface area contributed by atoms with Crippen molar-refractivity contribution in [1.82, 2.24) is 4.31 Å². The lowest BCUT2D eigenvalue weighted by Gasteiger charge is -2.36. The lowest BCUT2D eigenvalue weighted by atomic mass is 9.92. The van der Waals surface area contributed by atoms with Crippen LogP contribution in [-0.4, -0.2) is 51.1 Å². The highest BCUT2D eigenvalue weighted by Gasteiger charge is 2.39. The Morgan fingerprint density at radius 2 is 1.92 bits per heavy atom. The first-order valence-electron chi connectivity index (χ1n) is 7.20. The van der Waals surface area contributed by atoms with Crippen molar-refractivity contribution in [2.75, 3.05) is 12.8 Å². The van der Waals surface area contributed by atoms with Gasteiger partial charge in [-0.25, -0.2) is 21.2 Å². The number of hydrogen-bond acceptors (Lipinski definition) is 5. The smallest absolute Gasteiger partial charge is 0.308 e. The van der Waals surface area contributed by atoms with Crippen LogP contribution < -0.4 is 0 Å². The topological polar surface area (TPSA) is 109 Å². The summed E-state index contributed by atoms with van der Waals surface area (Å²) in [5.74, 6) is -3.08. The van der Waals surface area contributed by atoms with Crippen LogP contribution >= 0.6 is 0 Å². The van der Waals surface area contributed by atoms with Crippen LogP contribution in [0.2, 0.25) is 0 Å². The highest BCUT2D eigenvalue weighted by molar-refractivity contribution is 7.90. The van der Waals surface area contributed by atoms with Crippen LogP contribution in [0.25, 0.3) is 0 Å². The van der Waals surface area contributed by atoms with Crippen molar-refractivity contribution >= 4 is 25.8 Å². The largest absolute Gasteiger partial charge is 0.481 e. The number of halogens is 1. The molecule has 0 aromatic heterocycles. The molecular weight excluding hydrogens is 361 g/mol. The monoisotopic (exact) mass is 379 g/mol. The first kappa shape index (κ1) is 18.8. The average molecular weight is 379 g/mol. The molecule has 2 rings (SSSR count). The Morgan fingerprint density at radius 1 is 1.29 bits per heavy atom. The van der Waals surface area contributed by atoms with Gasteiger partial charge in [-0.1, -0.05) is 0 Å². The zero-order valence-electron chi connectivity index (χ0n) is 13.1. The minimum Gasteiger partial charge on any atom is -0.481 e. The summed E-state index contributed by atoms with van der Waals surface area (Å²) in [4.78, 5) is 10.3. The maximum Gasteiger partial charge on any atom is 0.308 e. The van der Waals surface area contributed by atoms with E-state index in [4.69, 9.17) is 0 Å². The summed E-state index contributed by atoms with van der Waals surface area (Å²) in [6, 6.07) is 1.80. The summed E-state index contributed by atoms with van der Waals surface area (Å²) in [5, 5.41) is 9.18. The minimum atomic E-state index is -4.13. The molecule has 7 nitrogen and oxygen atoms in total. The van der Waals surface area contributed by atoms with Gasteiger partial charge in [-0.15, -0.1) is 0 Å². The average Bonchev–Trinajstić information content (AvgIpc) is 2.45. The third-order valence-electron chi connectivity index (χ3n) is 4.16. The molecule has 0 amide bonds. The van der Waals surface area contributed by atoms with Gasteiger partial charge in [-0.05, 0) is 38.0 Å². The van der Waals surface area contributed by atoms with E-state index in [9.17, 15) is 31.1 Å². The van der Waals surface area contributed by atoms with Gasteiger partial charge in [0, 0.05) is 18.8 Å². The first-order chi connectivity index (χ1) is 11.0. The van der Waals surface area contributed by atoms with Gasteiger partial charge in [0.05, 0.1) is 10.8 Å². The van der Waals surface area contributed by atoms with E-state index in [2.05, 4.69) is 0 Å². The van der Waals surface area contributed by atoms with Crippen LogP contribution in [-0.2, 0) is 24.7 Å². The van der Waals surface area contributed by atoms with Crippen LogP contribution in [0.1, 0.15) is 19.8 Å². The second-order valence-corrected chi connectivity index (χ2v) is 9.68. The van der Waals surface area contributed by atoms with Gasteiger partial charge in [-0.3, -0.25) is 4.79 Å². The molecule has 1 fully saturated rings. The number of rotatable bonds is 4. The normalized spacial score (nSPS) is 23.1. The molecule has 134 valence electrons. The number of carboxylic acid groups (broad SMARTS) is 1. The molecule has 1 saturated heterocycles. The lowest BCUT2D eigenvalue weighted by molar-refractivity contribution is -0.144. The number of nitrogens with zero attached hydrogens (tertiary/aromatic N) is 1. The molecule has 2 atom stereocenters. The van der Waals surface area contributed by atoms with E-state index in [-0.39, 0.29) is 6.54 Å². The van der Waals surface area contributed by atoms with Gasteiger partial charge in [0.1, 0.15) is 10.7 Å². The SMILES string of the molecule is C[C@@H]1[C@H](C(=O)O)CCCN1S(=O)(=O)c1ccc(S(C)(=O)=O)c(F)c1. The molecule has 1 aromatic carbocycles. The molecule has 1 heterocycles. The van der Waals surface area contributed by atoms with Crippen LogP contribution in [0.3, 0.4) is 0 Å². The summed E-state index contributed by atoms with van der Waals surface area (Å²) in [7, 11) is -7.94. The van der Waals surface area contributed by atoms with Crippen LogP contribution in [0.15, 0.2) is 28.0 Å². The molecule has 1 N–H and O–H groups in total. The second-order valence-electron chi connectivity index (χ2n) is 5.81. The quantitative estimate of drug-likeness (QED) is 0.839. The predicted octanol–water partition coefficient (Wildman–Crippen LogP) is 1.10. The zero-order chi connectivity index (χ0) is 18.3. The molecule has 0 unspecified atom stereocenters. The predicted molar refractivity (Wildman–Crippen MR) is 83.2 cm³/mol. The van der Waals surface area contributed by atoms with Crippen molar-refractivity contribution in [2.24, 2.45) is 5.92 Å². The number of aliphatic carboxylic acids is 1. The maximum absolute atomic E-state index is 14.0. The lowest BCUT2D eigenvalue weighted by Crippen LogP contribution is -2.49. The molecule has 0 spiro atoms. The molecule has 1 aromatic rings. The molecule has 24 heavy (non-hydrogen) atoms. The summed E-state index contributed by atoms with van der Waals surface area (Å²) in [5.41, 5.74) is 0. The number of benzene rings is 1. The maximum atomic E-state index is 14.0. The van der Waals surface area contributed by atoms with Crippen molar-refractivity contribution in [1.29, 1.82) is 0 Å². The van der Waals surface area contributed by atoms with Crippen molar-refractivity contribution in [3.05, 3.63) is 24.0 Å². The van der Waals surface area contributed by atoms with Crippen LogP contribution in [0.4, 0.5) is 4.39 Å². The van der Waals surface area contributed by atoms with E-state index in [1.54, 1.807) is 0 Å². The van der Waals surface area contributed by atoms with Gasteiger partial charge in [-0.2, -0.15) is 4.31 Å². The summed E-state index contributed by atoms with van der Waals surface area (Å²) < 4.78 is 63.3. The third-order valence-corrected chi connectivity index (χ3v) is 7.27. The van der Waals surface area contributed by atoms with E-state index in [1.807, 2.05) is 0 Å². The fourth-order valence-corrected chi connectivity index (χ4v) is 5.31. The van der Waals surface area contributed by atoms with E-state index < -0.39 is 53.4 Å². The fraction of sp³-hybridized carbons (Fsp3) is 0.500. The van der Waals surface area contributed by atoms with Gasteiger partial charge in [0.2, 0.25) is 10.0 Å². The Bertz CT molecular complexity index is 865. The number of piperidine rings is 1. The number of carbonyl (C=O) groups is 1. The van der Waals surface area contributed by atoms with Gasteiger partial charge in [0.25, 0.3) is 0 Å². The van der Waals surface area contributed by atoms with Crippen molar-refractivity contribution in [2.45, 2.75) is 35.6 Å². The van der Waals surface area contributed by atoms with Crippen LogP contribution in [0.5, 0.6) is 0 Å². The molecule has 0 bridgehead atoms. The first-order valence-corrected chi connectivity index (χ1v) is 10.5. The van der Waals surface area contributed by atoms with E-state index >= 15 is 0 Å². The van der Waals surface area contributed by atoms with Gasteiger partial charge < -0.3 is 5.11 Å². The summed E-state index contributed by atoms with van der Waals surface area (Å²) in [6.07, 6.45) is 1.57. The number of sulfone groups is 1. The van der Waals surface area contributed by atoms with E-state index in [0.29, 0.717) is 18.9 Å². The third kappa shape index (κ3) is 3.45. The highest BCUT2D eigenvalue weighted by atomic mass is 32.2. The van der Waals surface area contributed by atoms with Crippen molar-refractivity contribution in [3.8, 4) is 0 Å². The van der Waals surface area contributed by atoms with Crippen molar-refractivity contribution < 1.29 is 31.1 Å². The molecule has 0 saturated carbocycles. The Balaban J connectivity index is 2.44. The Labute approximate surface area is 140 Å². The molecule has 1 aliphatic heterocycles. The molecule has 0 aliphatic carbocycles. The summed E-state index contributed by atoms with van der Waals surface area (Å²) in [6.45, 7) is 1.62. The fourth-order valence-electron chi connectivity index (χ4n) is 2.86. The number of carboxylic acids is 1. The van der Waals surface area contributed by atoms with Gasteiger partial charge >= 0.3 is 5.97 Å². The molecular formula is C14H18FNO6S2. The number of hydrogen-bond donors (Lipinski definition) is 1. The van der Waals surface area contributed by atoms with Gasteiger partial charge in [0.15, 0.2) is 9.84 Å². The number of sulfonamides is 1. The summed E-state index contributed by atoms with van der Waals surface area (Å²) >= 11 is 0. The zero-order valence-corrected chi connectivity index (χ0v) is 14.8. The minimum absolute atomic E-state index is 0.128. The Hall–Kier alpha value is -1.52. The highest BCUT2D eigenvalue weighted by Crippen LogP contribution is 2.30. The molecule has 10 heteroatoms. The van der Waals surface area contributed by atoms with E-state index in [0.717, 1.165) is 22.7 Å².